The molecule has 6 heteroatoms. The van der Waals surface area contributed by atoms with Gasteiger partial charge in [0.1, 0.15) is 17.5 Å². The summed E-state index contributed by atoms with van der Waals surface area (Å²) in [5.41, 5.74) is 0.975. The zero-order valence-corrected chi connectivity index (χ0v) is 14.0. The van der Waals surface area contributed by atoms with Gasteiger partial charge in [0.25, 0.3) is 0 Å². The first-order chi connectivity index (χ1) is 11.1. The number of rotatable bonds is 4. The number of aryl methyl sites for hydroxylation is 1. The van der Waals surface area contributed by atoms with Crippen molar-refractivity contribution in [3.8, 4) is 0 Å². The fraction of sp³-hybridized carbons (Fsp3) is 0.529. The average Bonchev–Trinajstić information content (AvgIpc) is 2.55. The minimum Gasteiger partial charge on any atom is -0.324 e. The van der Waals surface area contributed by atoms with E-state index in [0.717, 1.165) is 30.3 Å². The Morgan fingerprint density at radius 1 is 1.22 bits per heavy atom. The summed E-state index contributed by atoms with van der Waals surface area (Å²) in [6, 6.07) is 2.51. The van der Waals surface area contributed by atoms with Crippen LogP contribution in [-0.4, -0.2) is 44.0 Å². The van der Waals surface area contributed by atoms with Gasteiger partial charge in [0.15, 0.2) is 0 Å². The summed E-state index contributed by atoms with van der Waals surface area (Å²) in [5.74, 6) is 2.81. The first-order valence-corrected chi connectivity index (χ1v) is 8.24. The maximum atomic E-state index is 4.73. The quantitative estimate of drug-likeness (QED) is 0.936. The van der Waals surface area contributed by atoms with Gasteiger partial charge in [0.2, 0.25) is 0 Å². The highest BCUT2D eigenvalue weighted by Gasteiger charge is 2.25. The second-order valence-corrected chi connectivity index (χ2v) is 6.40. The largest absolute Gasteiger partial charge is 0.324 e. The zero-order valence-electron chi connectivity index (χ0n) is 14.0. The molecule has 1 N–H and O–H groups in total. The van der Waals surface area contributed by atoms with Gasteiger partial charge in [-0.25, -0.2) is 15.0 Å². The number of nitrogens with zero attached hydrogens (tertiary/aromatic N) is 5. The molecule has 1 fully saturated rings. The molecule has 1 aliphatic rings. The molecule has 0 bridgehead atoms. The molecule has 0 saturated carbocycles. The van der Waals surface area contributed by atoms with Crippen LogP contribution in [-0.2, 0) is 0 Å². The lowest BCUT2D eigenvalue weighted by Crippen LogP contribution is -2.39. The van der Waals surface area contributed by atoms with E-state index in [9.17, 15) is 0 Å². The van der Waals surface area contributed by atoms with Crippen LogP contribution in [0, 0.1) is 6.92 Å². The van der Waals surface area contributed by atoms with Gasteiger partial charge in [-0.1, -0.05) is 0 Å². The molecule has 6 nitrogen and oxygen atoms in total. The number of hydrogen-bond donors (Lipinski definition) is 1. The van der Waals surface area contributed by atoms with Crippen LogP contribution in [0.3, 0.4) is 0 Å². The van der Waals surface area contributed by atoms with Gasteiger partial charge in [0, 0.05) is 42.7 Å². The molecule has 2 aromatic heterocycles. The van der Waals surface area contributed by atoms with Crippen LogP contribution in [0.2, 0.25) is 0 Å². The summed E-state index contributed by atoms with van der Waals surface area (Å²) in [7, 11) is 0. The Morgan fingerprint density at radius 2 is 2.09 bits per heavy atom. The van der Waals surface area contributed by atoms with Crippen LogP contribution in [0.25, 0.3) is 0 Å². The maximum Gasteiger partial charge on any atom is 0.150 e. The minimum absolute atomic E-state index is 0.397. The fourth-order valence-corrected chi connectivity index (χ4v) is 3.02. The minimum atomic E-state index is 0.397. The Balaban J connectivity index is 1.80. The van der Waals surface area contributed by atoms with E-state index in [-0.39, 0.29) is 0 Å². The van der Waals surface area contributed by atoms with Gasteiger partial charge >= 0.3 is 0 Å². The summed E-state index contributed by atoms with van der Waals surface area (Å²) in [6.07, 6.45) is 7.37. The van der Waals surface area contributed by atoms with Crippen LogP contribution in [0.5, 0.6) is 0 Å². The number of anilines is 2. The van der Waals surface area contributed by atoms with Crippen molar-refractivity contribution in [1.82, 2.24) is 24.8 Å². The van der Waals surface area contributed by atoms with E-state index in [1.165, 1.54) is 13.0 Å². The van der Waals surface area contributed by atoms with Crippen molar-refractivity contribution in [3.05, 3.63) is 36.2 Å². The molecule has 1 atom stereocenters. The molecule has 0 radical (unpaired) electrons. The fourth-order valence-electron chi connectivity index (χ4n) is 3.02. The van der Waals surface area contributed by atoms with Crippen molar-refractivity contribution in [2.24, 2.45) is 0 Å². The lowest BCUT2D eigenvalue weighted by Gasteiger charge is -2.34. The van der Waals surface area contributed by atoms with E-state index in [4.69, 9.17) is 4.98 Å². The van der Waals surface area contributed by atoms with Gasteiger partial charge in [-0.3, -0.25) is 4.98 Å². The lowest BCUT2D eigenvalue weighted by molar-refractivity contribution is 0.165. The van der Waals surface area contributed by atoms with Crippen molar-refractivity contribution in [3.63, 3.8) is 0 Å². The monoisotopic (exact) mass is 312 g/mol. The molecule has 0 aromatic carbocycles. The molecule has 0 unspecified atom stereocenters. The van der Waals surface area contributed by atoms with Gasteiger partial charge in [-0.2, -0.15) is 0 Å². The Bertz CT molecular complexity index is 643. The first kappa shape index (κ1) is 15.8. The van der Waals surface area contributed by atoms with E-state index < -0.39 is 0 Å². The van der Waals surface area contributed by atoms with Crippen molar-refractivity contribution >= 4 is 11.6 Å². The molecule has 1 saturated heterocycles. The molecule has 3 rings (SSSR count). The molecule has 0 amide bonds. The van der Waals surface area contributed by atoms with E-state index in [0.29, 0.717) is 17.8 Å². The Labute approximate surface area is 137 Å². The number of aromatic nitrogens is 4. The number of likely N-dealkylation sites (tertiary alicyclic amines) is 1. The van der Waals surface area contributed by atoms with Crippen LogP contribution >= 0.6 is 0 Å². The van der Waals surface area contributed by atoms with Crippen LogP contribution in [0.4, 0.5) is 11.6 Å². The van der Waals surface area contributed by atoms with Crippen LogP contribution in [0.15, 0.2) is 24.7 Å². The summed E-state index contributed by atoms with van der Waals surface area (Å²) in [5, 5.41) is 3.22. The third-order valence-electron chi connectivity index (χ3n) is 4.24. The average molecular weight is 312 g/mol. The number of hydrogen-bond acceptors (Lipinski definition) is 6. The van der Waals surface area contributed by atoms with Gasteiger partial charge in [0.05, 0.1) is 6.20 Å². The molecular formula is C17H24N6. The Kier molecular flexibility index (Phi) is 4.81. The summed E-state index contributed by atoms with van der Waals surface area (Å²) < 4.78 is 0. The summed E-state index contributed by atoms with van der Waals surface area (Å²) >= 11 is 0. The number of nitrogens with one attached hydrogen (secondary N) is 1. The van der Waals surface area contributed by atoms with E-state index in [1.54, 1.807) is 18.6 Å². The molecule has 23 heavy (non-hydrogen) atoms. The molecule has 122 valence electrons. The van der Waals surface area contributed by atoms with Gasteiger partial charge in [-0.05, 0) is 40.2 Å². The normalized spacial score (nSPS) is 19.0. The van der Waals surface area contributed by atoms with Crippen LogP contribution < -0.4 is 5.32 Å². The van der Waals surface area contributed by atoms with E-state index in [2.05, 4.69) is 39.0 Å². The second-order valence-electron chi connectivity index (χ2n) is 6.40. The highest BCUT2D eigenvalue weighted by atomic mass is 15.2. The SMILES string of the molecule is Cc1cc(Nc2cnccn2)nc([C@@H]2CCCN(C(C)C)C2)n1. The molecule has 1 aliphatic heterocycles. The molecule has 2 aromatic rings. The second kappa shape index (κ2) is 7.00. The molecular weight excluding hydrogens is 288 g/mol. The molecule has 0 aliphatic carbocycles. The predicted octanol–water partition coefficient (Wildman–Crippen LogP) is 2.91. The summed E-state index contributed by atoms with van der Waals surface area (Å²) in [4.78, 5) is 20.2. The molecule has 3 heterocycles. The first-order valence-electron chi connectivity index (χ1n) is 8.24. The Morgan fingerprint density at radius 3 is 2.83 bits per heavy atom. The van der Waals surface area contributed by atoms with Gasteiger partial charge in [-0.15, -0.1) is 0 Å². The molecule has 0 spiro atoms. The van der Waals surface area contributed by atoms with E-state index >= 15 is 0 Å². The van der Waals surface area contributed by atoms with Crippen LogP contribution in [0.1, 0.15) is 44.1 Å². The van der Waals surface area contributed by atoms with E-state index in [1.807, 2.05) is 13.0 Å². The van der Waals surface area contributed by atoms with Gasteiger partial charge < -0.3 is 10.2 Å². The predicted molar refractivity (Wildman–Crippen MR) is 90.8 cm³/mol. The highest BCUT2D eigenvalue weighted by molar-refractivity contribution is 5.50. The third kappa shape index (κ3) is 4.01. The maximum absolute atomic E-state index is 4.73. The van der Waals surface area contributed by atoms with Crippen molar-refractivity contribution < 1.29 is 0 Å². The third-order valence-corrected chi connectivity index (χ3v) is 4.24. The highest BCUT2D eigenvalue weighted by Crippen LogP contribution is 2.27. The smallest absolute Gasteiger partial charge is 0.150 e. The van der Waals surface area contributed by atoms with Crippen molar-refractivity contribution in [2.75, 3.05) is 18.4 Å². The van der Waals surface area contributed by atoms with Crippen molar-refractivity contribution in [1.29, 1.82) is 0 Å². The summed E-state index contributed by atoms with van der Waals surface area (Å²) in [6.45, 7) is 8.72. The topological polar surface area (TPSA) is 66.8 Å². The zero-order chi connectivity index (χ0) is 16.2. The number of piperidine rings is 1. The standard InChI is InChI=1S/C17H24N6/c1-12(2)23-8-4-5-14(11-23)17-20-13(3)9-15(22-17)21-16-10-18-6-7-19-16/h6-7,9-10,12,14H,4-5,8,11H2,1-3H3,(H,19,20,21,22)/t14-/m1/s1. The lowest BCUT2D eigenvalue weighted by atomic mass is 9.96. The van der Waals surface area contributed by atoms with Crippen molar-refractivity contribution in [2.45, 2.75) is 45.6 Å². The Hall–Kier alpha value is -2.08.